The minimum absolute atomic E-state index is 0.117. The standard InChI is InChI=1S/C7H11NO4/c1-2-3(4(2)6(9)10)5(8)7(11)12/h2-5H,8H2,1H3,(H,9,10)(H,11,12)/t2-,3-,4-,5+/m1/s1. The molecule has 0 aliphatic heterocycles. The largest absolute Gasteiger partial charge is 0.481 e. The molecule has 0 aromatic carbocycles. The lowest BCUT2D eigenvalue weighted by Gasteiger charge is -2.02. The van der Waals surface area contributed by atoms with Gasteiger partial charge in [0.25, 0.3) is 0 Å². The van der Waals surface area contributed by atoms with Gasteiger partial charge in [-0.25, -0.2) is 0 Å². The molecule has 0 saturated heterocycles. The van der Waals surface area contributed by atoms with E-state index in [0.717, 1.165) is 0 Å². The summed E-state index contributed by atoms with van der Waals surface area (Å²) in [6.07, 6.45) is 0. The normalized spacial score (nSPS) is 35.7. The highest BCUT2D eigenvalue weighted by atomic mass is 16.4. The van der Waals surface area contributed by atoms with Crippen molar-refractivity contribution in [2.45, 2.75) is 13.0 Å². The molecule has 1 aliphatic rings. The van der Waals surface area contributed by atoms with Gasteiger partial charge in [-0.15, -0.1) is 0 Å². The zero-order chi connectivity index (χ0) is 9.46. The summed E-state index contributed by atoms with van der Waals surface area (Å²) < 4.78 is 0. The molecule has 1 rings (SSSR count). The second-order valence-electron chi connectivity index (χ2n) is 3.16. The second-order valence-corrected chi connectivity index (χ2v) is 3.16. The molecule has 1 saturated carbocycles. The van der Waals surface area contributed by atoms with Crippen LogP contribution >= 0.6 is 0 Å². The number of carboxylic acid groups (broad SMARTS) is 2. The molecular weight excluding hydrogens is 162 g/mol. The van der Waals surface area contributed by atoms with Gasteiger partial charge in [-0.1, -0.05) is 6.92 Å². The first kappa shape index (κ1) is 8.99. The van der Waals surface area contributed by atoms with Crippen LogP contribution in [0.2, 0.25) is 0 Å². The maximum absolute atomic E-state index is 10.5. The number of nitrogens with two attached hydrogens (primary N) is 1. The molecule has 0 bridgehead atoms. The summed E-state index contributed by atoms with van der Waals surface area (Å²) in [7, 11) is 0. The highest BCUT2D eigenvalue weighted by molar-refractivity contribution is 5.80. The van der Waals surface area contributed by atoms with E-state index in [-0.39, 0.29) is 5.92 Å². The Kier molecular flexibility index (Phi) is 2.06. The van der Waals surface area contributed by atoms with E-state index in [1.165, 1.54) is 0 Å². The molecule has 5 heteroatoms. The molecule has 4 atom stereocenters. The Bertz CT molecular complexity index is 211. The van der Waals surface area contributed by atoms with Gasteiger partial charge in [-0.2, -0.15) is 0 Å². The second kappa shape index (κ2) is 2.75. The molecule has 0 spiro atoms. The molecule has 0 aromatic rings. The Labute approximate surface area is 69.2 Å². The third-order valence-corrected chi connectivity index (χ3v) is 2.43. The average molecular weight is 173 g/mol. The van der Waals surface area contributed by atoms with Crippen LogP contribution in [0.15, 0.2) is 0 Å². The fraction of sp³-hybridized carbons (Fsp3) is 0.714. The van der Waals surface area contributed by atoms with E-state index in [0.29, 0.717) is 0 Å². The van der Waals surface area contributed by atoms with Crippen molar-refractivity contribution in [1.82, 2.24) is 0 Å². The first-order valence-corrected chi connectivity index (χ1v) is 3.68. The fourth-order valence-electron chi connectivity index (χ4n) is 1.60. The molecule has 0 unspecified atom stereocenters. The first-order valence-electron chi connectivity index (χ1n) is 3.68. The topological polar surface area (TPSA) is 101 Å². The molecule has 5 nitrogen and oxygen atoms in total. The Hall–Kier alpha value is -1.10. The van der Waals surface area contributed by atoms with Crippen molar-refractivity contribution in [3.63, 3.8) is 0 Å². The van der Waals surface area contributed by atoms with Crippen LogP contribution in [0.5, 0.6) is 0 Å². The summed E-state index contributed by atoms with van der Waals surface area (Å²) in [6.45, 7) is 1.70. The molecule has 0 amide bonds. The monoisotopic (exact) mass is 173 g/mol. The molecule has 0 radical (unpaired) electrons. The van der Waals surface area contributed by atoms with Crippen molar-refractivity contribution in [3.05, 3.63) is 0 Å². The van der Waals surface area contributed by atoms with Crippen LogP contribution in [-0.2, 0) is 9.59 Å². The Morgan fingerprint density at radius 3 is 2.17 bits per heavy atom. The van der Waals surface area contributed by atoms with Crippen LogP contribution in [-0.4, -0.2) is 28.2 Å². The van der Waals surface area contributed by atoms with E-state index in [2.05, 4.69) is 0 Å². The third-order valence-electron chi connectivity index (χ3n) is 2.43. The van der Waals surface area contributed by atoms with Gasteiger partial charge in [0.05, 0.1) is 5.92 Å². The van der Waals surface area contributed by atoms with Crippen LogP contribution in [0.4, 0.5) is 0 Å². The van der Waals surface area contributed by atoms with E-state index < -0.39 is 29.8 Å². The van der Waals surface area contributed by atoms with Crippen LogP contribution in [0.25, 0.3) is 0 Å². The molecule has 68 valence electrons. The summed E-state index contributed by atoms with van der Waals surface area (Å²) in [6, 6.07) is -1.04. The quantitative estimate of drug-likeness (QED) is 0.527. The Balaban J connectivity index is 2.58. The van der Waals surface area contributed by atoms with Crippen molar-refractivity contribution in [2.24, 2.45) is 23.5 Å². The molecule has 0 aromatic heterocycles. The Morgan fingerprint density at radius 1 is 1.42 bits per heavy atom. The van der Waals surface area contributed by atoms with Gasteiger partial charge in [-0.05, 0) is 5.92 Å². The van der Waals surface area contributed by atoms with Crippen molar-refractivity contribution >= 4 is 11.9 Å². The van der Waals surface area contributed by atoms with Crippen molar-refractivity contribution < 1.29 is 19.8 Å². The number of hydrogen-bond donors (Lipinski definition) is 3. The number of hydrogen-bond acceptors (Lipinski definition) is 3. The van der Waals surface area contributed by atoms with Gasteiger partial charge in [0.1, 0.15) is 6.04 Å². The summed E-state index contributed by atoms with van der Waals surface area (Å²) in [5.74, 6) is -3.18. The zero-order valence-corrected chi connectivity index (χ0v) is 6.60. The number of carboxylic acids is 2. The predicted octanol–water partition coefficient (Wildman–Crippen LogP) is -0.635. The molecule has 0 heterocycles. The lowest BCUT2D eigenvalue weighted by Crippen LogP contribution is -2.33. The summed E-state index contributed by atoms with van der Waals surface area (Å²) in [5.41, 5.74) is 5.28. The van der Waals surface area contributed by atoms with Gasteiger partial charge in [0.2, 0.25) is 0 Å². The maximum Gasteiger partial charge on any atom is 0.320 e. The van der Waals surface area contributed by atoms with Crippen molar-refractivity contribution in [3.8, 4) is 0 Å². The smallest absolute Gasteiger partial charge is 0.320 e. The van der Waals surface area contributed by atoms with Crippen LogP contribution in [0, 0.1) is 17.8 Å². The van der Waals surface area contributed by atoms with Gasteiger partial charge in [0, 0.05) is 5.92 Å². The minimum atomic E-state index is -1.13. The van der Waals surface area contributed by atoms with E-state index in [9.17, 15) is 9.59 Å². The van der Waals surface area contributed by atoms with Crippen LogP contribution in [0.3, 0.4) is 0 Å². The van der Waals surface area contributed by atoms with Gasteiger partial charge < -0.3 is 15.9 Å². The third kappa shape index (κ3) is 1.27. The lowest BCUT2D eigenvalue weighted by molar-refractivity contribution is -0.140. The SMILES string of the molecule is C[C@H]1[C@@H](C(=O)O)[C@@H]1[C@H](N)C(=O)O. The summed E-state index contributed by atoms with van der Waals surface area (Å²) in [4.78, 5) is 20.8. The Morgan fingerprint density at radius 2 is 1.92 bits per heavy atom. The number of carbonyl (C=O) groups is 2. The number of aliphatic carboxylic acids is 2. The van der Waals surface area contributed by atoms with E-state index >= 15 is 0 Å². The maximum atomic E-state index is 10.5. The lowest BCUT2D eigenvalue weighted by atomic mass is 10.1. The van der Waals surface area contributed by atoms with Gasteiger partial charge in [0.15, 0.2) is 0 Å². The van der Waals surface area contributed by atoms with E-state index in [1.807, 2.05) is 0 Å². The molecule has 4 N–H and O–H groups in total. The number of rotatable bonds is 3. The fourth-order valence-corrected chi connectivity index (χ4v) is 1.60. The van der Waals surface area contributed by atoms with Crippen LogP contribution in [0.1, 0.15) is 6.92 Å². The molecule has 1 fully saturated rings. The zero-order valence-electron chi connectivity index (χ0n) is 6.60. The predicted molar refractivity (Wildman–Crippen MR) is 39.4 cm³/mol. The van der Waals surface area contributed by atoms with E-state index in [1.54, 1.807) is 6.92 Å². The van der Waals surface area contributed by atoms with Gasteiger partial charge in [-0.3, -0.25) is 9.59 Å². The van der Waals surface area contributed by atoms with Crippen molar-refractivity contribution in [1.29, 1.82) is 0 Å². The van der Waals surface area contributed by atoms with Crippen LogP contribution < -0.4 is 5.73 Å². The summed E-state index contributed by atoms with van der Waals surface area (Å²) >= 11 is 0. The molecule has 1 aliphatic carbocycles. The highest BCUT2D eigenvalue weighted by Crippen LogP contribution is 2.47. The van der Waals surface area contributed by atoms with Crippen molar-refractivity contribution in [2.75, 3.05) is 0 Å². The minimum Gasteiger partial charge on any atom is -0.481 e. The highest BCUT2D eigenvalue weighted by Gasteiger charge is 2.56. The average Bonchev–Trinajstić information content (AvgIpc) is 2.59. The molecular formula is C7H11NO4. The van der Waals surface area contributed by atoms with Gasteiger partial charge >= 0.3 is 11.9 Å². The first-order chi connectivity index (χ1) is 5.46. The van der Waals surface area contributed by atoms with E-state index in [4.69, 9.17) is 15.9 Å². The summed E-state index contributed by atoms with van der Waals surface area (Å²) in [5, 5.41) is 17.1. The molecule has 12 heavy (non-hydrogen) atoms.